The van der Waals surface area contributed by atoms with Gasteiger partial charge in [-0.3, -0.25) is 24.3 Å². The highest BCUT2D eigenvalue weighted by Gasteiger charge is 2.45. The van der Waals surface area contributed by atoms with Gasteiger partial charge in [0.2, 0.25) is 5.43 Å². The van der Waals surface area contributed by atoms with Gasteiger partial charge in [0, 0.05) is 36.6 Å². The van der Waals surface area contributed by atoms with E-state index in [-0.39, 0.29) is 43.8 Å². The number of halogens is 1. The number of hydrogen-bond acceptors (Lipinski definition) is 6. The molecule has 0 saturated carbocycles. The van der Waals surface area contributed by atoms with Crippen LogP contribution in [0.3, 0.4) is 0 Å². The molecule has 0 aliphatic carbocycles. The number of carbonyl (C=O) groups excluding carboxylic acids is 1. The van der Waals surface area contributed by atoms with Crippen LogP contribution in [-0.2, 0) is 12.1 Å². The van der Waals surface area contributed by atoms with Crippen LogP contribution in [0.2, 0.25) is 0 Å². The van der Waals surface area contributed by atoms with Gasteiger partial charge in [0.25, 0.3) is 5.91 Å². The lowest BCUT2D eigenvalue weighted by Gasteiger charge is -2.49. The number of aromatic nitrogens is 2. The van der Waals surface area contributed by atoms with E-state index in [1.54, 1.807) is 34.1 Å². The van der Waals surface area contributed by atoms with Gasteiger partial charge in [-0.15, -0.1) is 0 Å². The van der Waals surface area contributed by atoms with Crippen LogP contribution in [0.5, 0.6) is 11.5 Å². The summed E-state index contributed by atoms with van der Waals surface area (Å²) in [6.45, 7) is 2.67. The number of pyridine rings is 2. The first kappa shape index (κ1) is 25.4. The van der Waals surface area contributed by atoms with Gasteiger partial charge in [-0.25, -0.2) is 4.39 Å². The van der Waals surface area contributed by atoms with E-state index < -0.39 is 16.8 Å². The summed E-state index contributed by atoms with van der Waals surface area (Å²) in [7, 11) is 0. The fourth-order valence-electron chi connectivity index (χ4n) is 5.20. The quantitative estimate of drug-likeness (QED) is 0.362. The van der Waals surface area contributed by atoms with Crippen LogP contribution >= 0.6 is 0 Å². The van der Waals surface area contributed by atoms with Crippen LogP contribution < -0.4 is 19.9 Å². The third-order valence-corrected chi connectivity index (χ3v) is 7.29. The van der Waals surface area contributed by atoms with Crippen molar-refractivity contribution in [3.8, 4) is 11.5 Å². The second-order valence-corrected chi connectivity index (χ2v) is 9.76. The van der Waals surface area contributed by atoms with Gasteiger partial charge in [-0.05, 0) is 42.8 Å². The Hall–Kier alpha value is -4.92. The van der Waals surface area contributed by atoms with Crippen LogP contribution in [0.4, 0.5) is 4.39 Å². The number of benzene rings is 2. The molecule has 1 atom stereocenters. The maximum atomic E-state index is 14.5. The summed E-state index contributed by atoms with van der Waals surface area (Å²) in [4.78, 5) is 33.4. The number of carbonyl (C=O) groups is 1. The van der Waals surface area contributed by atoms with E-state index in [1.165, 1.54) is 18.2 Å². The molecule has 0 fully saturated rings. The molecule has 2 aromatic heterocycles. The maximum absolute atomic E-state index is 14.5. The maximum Gasteiger partial charge on any atom is 0.278 e. The van der Waals surface area contributed by atoms with Gasteiger partial charge in [0.15, 0.2) is 11.4 Å². The molecule has 6 rings (SSSR count). The van der Waals surface area contributed by atoms with E-state index in [0.717, 1.165) is 5.56 Å². The fourth-order valence-corrected chi connectivity index (χ4v) is 5.20. The molecule has 2 aliphatic heterocycles. The highest BCUT2D eigenvalue weighted by molar-refractivity contribution is 5.96. The lowest BCUT2D eigenvalue weighted by atomic mass is 9.86. The molecule has 4 aromatic rings. The van der Waals surface area contributed by atoms with Gasteiger partial charge in [-0.1, -0.05) is 42.5 Å². The number of nitrogens with zero attached hydrogens (tertiary/aromatic N) is 4. The molecule has 2 aliphatic rings. The van der Waals surface area contributed by atoms with Crippen molar-refractivity contribution in [1.29, 1.82) is 0 Å². The van der Waals surface area contributed by atoms with E-state index >= 15 is 0 Å². The second kappa shape index (κ2) is 10.3. The smallest absolute Gasteiger partial charge is 0.278 e. The highest BCUT2D eigenvalue weighted by Crippen LogP contribution is 2.41. The summed E-state index contributed by atoms with van der Waals surface area (Å²) in [5.41, 5.74) is 0.796. The molecular formula is C31H27FN4O4. The first-order valence-corrected chi connectivity index (χ1v) is 13.0. The molecule has 202 valence electrons. The van der Waals surface area contributed by atoms with Gasteiger partial charge in [0.05, 0.1) is 5.69 Å². The molecule has 1 amide bonds. The van der Waals surface area contributed by atoms with Crippen molar-refractivity contribution in [2.75, 3.05) is 24.8 Å². The molecule has 0 radical (unpaired) electrons. The molecule has 0 N–H and O–H groups in total. The first-order chi connectivity index (χ1) is 19.5. The highest BCUT2D eigenvalue weighted by atomic mass is 19.1. The minimum Gasteiger partial charge on any atom is -0.489 e. The molecule has 2 bridgehead atoms. The van der Waals surface area contributed by atoms with Gasteiger partial charge >= 0.3 is 0 Å². The Morgan fingerprint density at radius 1 is 1.02 bits per heavy atom. The van der Waals surface area contributed by atoms with Crippen molar-refractivity contribution in [3.05, 3.63) is 136 Å². The lowest BCUT2D eigenvalue weighted by Crippen LogP contribution is -2.62. The normalized spacial score (nSPS) is 19.1. The topological polar surface area (TPSA) is 76.9 Å². The Balaban J connectivity index is 1.59. The molecule has 9 heteroatoms. The Morgan fingerprint density at radius 2 is 1.85 bits per heavy atom. The van der Waals surface area contributed by atoms with Crippen molar-refractivity contribution < 1.29 is 18.7 Å². The summed E-state index contributed by atoms with van der Waals surface area (Å²) in [5, 5.41) is 1.93. The van der Waals surface area contributed by atoms with Gasteiger partial charge in [-0.2, -0.15) is 0 Å². The summed E-state index contributed by atoms with van der Waals surface area (Å²) >= 11 is 0. The molecule has 0 spiro atoms. The molecule has 0 unspecified atom stereocenters. The summed E-state index contributed by atoms with van der Waals surface area (Å²) in [6.07, 6.45) is 6.86. The Kier molecular flexibility index (Phi) is 6.55. The molecule has 2 aromatic carbocycles. The van der Waals surface area contributed by atoms with Crippen LogP contribution in [0.25, 0.3) is 0 Å². The molecule has 4 heterocycles. The van der Waals surface area contributed by atoms with Crippen molar-refractivity contribution in [2.45, 2.75) is 19.1 Å². The largest absolute Gasteiger partial charge is 0.489 e. The van der Waals surface area contributed by atoms with Crippen LogP contribution in [0, 0.1) is 5.82 Å². The van der Waals surface area contributed by atoms with E-state index in [0.29, 0.717) is 17.0 Å². The van der Waals surface area contributed by atoms with Gasteiger partial charge < -0.3 is 14.4 Å². The minimum absolute atomic E-state index is 0.0381. The van der Waals surface area contributed by atoms with E-state index in [4.69, 9.17) is 9.47 Å². The van der Waals surface area contributed by atoms with Crippen molar-refractivity contribution in [1.82, 2.24) is 14.6 Å². The SMILES string of the molecule is C[C@@]1(c2ccccn2)c2ccc(F)cc2OC/C=C\CN2CN1n1ccc(=O)c(OCc3ccccc3)c1C2=O. The Labute approximate surface area is 230 Å². The summed E-state index contributed by atoms with van der Waals surface area (Å²) in [6, 6.07) is 20.8. The molecule has 0 saturated heterocycles. The summed E-state index contributed by atoms with van der Waals surface area (Å²) in [5.74, 6) is -0.461. The lowest BCUT2D eigenvalue weighted by molar-refractivity contribution is 0.0681. The average Bonchev–Trinajstić information content (AvgIpc) is 3.00. The number of hydrogen-bond donors (Lipinski definition) is 0. The Morgan fingerprint density at radius 3 is 2.65 bits per heavy atom. The van der Waals surface area contributed by atoms with Gasteiger partial charge in [0.1, 0.15) is 37.0 Å². The monoisotopic (exact) mass is 538 g/mol. The first-order valence-electron chi connectivity index (χ1n) is 13.0. The minimum atomic E-state index is -1.06. The zero-order valence-corrected chi connectivity index (χ0v) is 21.9. The third-order valence-electron chi connectivity index (χ3n) is 7.29. The number of ether oxygens (including phenoxy) is 2. The predicted molar refractivity (Wildman–Crippen MR) is 147 cm³/mol. The summed E-state index contributed by atoms with van der Waals surface area (Å²) < 4.78 is 28.2. The van der Waals surface area contributed by atoms with E-state index in [2.05, 4.69) is 4.98 Å². The molecule has 8 nitrogen and oxygen atoms in total. The Bertz CT molecular complexity index is 1640. The number of rotatable bonds is 4. The molecule has 40 heavy (non-hydrogen) atoms. The van der Waals surface area contributed by atoms with Crippen molar-refractivity contribution in [2.24, 2.45) is 0 Å². The number of amides is 1. The van der Waals surface area contributed by atoms with Crippen molar-refractivity contribution in [3.63, 3.8) is 0 Å². The van der Waals surface area contributed by atoms with E-state index in [1.807, 2.05) is 66.5 Å². The average molecular weight is 539 g/mol. The predicted octanol–water partition coefficient (Wildman–Crippen LogP) is 4.23. The van der Waals surface area contributed by atoms with Crippen molar-refractivity contribution >= 4 is 5.91 Å². The second-order valence-electron chi connectivity index (χ2n) is 9.76. The zero-order chi connectivity index (χ0) is 27.7. The van der Waals surface area contributed by atoms with Crippen LogP contribution in [-0.4, -0.2) is 40.3 Å². The fraction of sp³-hybridized carbons (Fsp3) is 0.194. The van der Waals surface area contributed by atoms with Crippen LogP contribution in [0.15, 0.2) is 102 Å². The number of fused-ring (bicyclic) bond motifs is 5. The third kappa shape index (κ3) is 4.39. The van der Waals surface area contributed by atoms with E-state index in [9.17, 15) is 14.0 Å². The van der Waals surface area contributed by atoms with Crippen LogP contribution in [0.1, 0.15) is 34.2 Å². The molecular weight excluding hydrogens is 511 g/mol. The standard InChI is InChI=1S/C31H27FN4O4/c1-31(27-11-5-6-15-33-27)24-13-12-23(32)19-26(24)39-18-8-7-16-34-21-36(31)35-17-14-25(37)29(28(35)30(34)38)40-20-22-9-3-2-4-10-22/h2-15,17,19H,16,18,20-21H2,1H3/b8-7-/t31-/m0/s1. The zero-order valence-electron chi connectivity index (χ0n) is 21.9.